The van der Waals surface area contributed by atoms with Gasteiger partial charge in [-0.2, -0.15) is 0 Å². The Kier molecular flexibility index (Phi) is 5.42. The fourth-order valence-electron chi connectivity index (χ4n) is 3.64. The van der Waals surface area contributed by atoms with Gasteiger partial charge in [-0.25, -0.2) is 37.3 Å². The molecular formula is C19H20F4N6O2. The van der Waals surface area contributed by atoms with Crippen molar-refractivity contribution in [1.82, 2.24) is 20.3 Å². The maximum absolute atomic E-state index is 14.3. The molecule has 8 nitrogen and oxygen atoms in total. The molecule has 1 fully saturated rings. The predicted molar refractivity (Wildman–Crippen MR) is 103 cm³/mol. The van der Waals surface area contributed by atoms with Crippen molar-refractivity contribution in [3.05, 3.63) is 29.6 Å². The second-order valence-electron chi connectivity index (χ2n) is 7.56. The molecule has 2 aromatic heterocycles. The number of aromatic nitrogens is 3. The second kappa shape index (κ2) is 7.91. The van der Waals surface area contributed by atoms with E-state index in [9.17, 15) is 22.4 Å². The Labute approximate surface area is 175 Å². The molecule has 4 rings (SSSR count). The van der Waals surface area contributed by atoms with Gasteiger partial charge in [-0.1, -0.05) is 0 Å². The number of hydrogen-bond acceptors (Lipinski definition) is 7. The number of nitrogens with one attached hydrogen (secondary N) is 2. The van der Waals surface area contributed by atoms with E-state index in [0.29, 0.717) is 19.6 Å². The van der Waals surface area contributed by atoms with Gasteiger partial charge in [0, 0.05) is 38.2 Å². The number of cyclic esters (lactones) is 1. The van der Waals surface area contributed by atoms with Crippen molar-refractivity contribution in [3.8, 4) is 11.4 Å². The van der Waals surface area contributed by atoms with Crippen LogP contribution in [0.4, 0.5) is 34.0 Å². The average molecular weight is 440 g/mol. The van der Waals surface area contributed by atoms with Crippen LogP contribution in [0.15, 0.2) is 18.5 Å². The molecule has 166 valence electrons. The molecule has 0 aliphatic carbocycles. The van der Waals surface area contributed by atoms with Crippen LogP contribution in [0.3, 0.4) is 0 Å². The van der Waals surface area contributed by atoms with E-state index in [1.165, 1.54) is 6.07 Å². The van der Waals surface area contributed by atoms with Crippen LogP contribution in [0.25, 0.3) is 11.4 Å². The number of amides is 1. The zero-order valence-corrected chi connectivity index (χ0v) is 16.7. The van der Waals surface area contributed by atoms with Crippen LogP contribution in [0, 0.1) is 0 Å². The van der Waals surface area contributed by atoms with Crippen LogP contribution in [0.5, 0.6) is 0 Å². The molecule has 0 bridgehead atoms. The van der Waals surface area contributed by atoms with Gasteiger partial charge in [0.25, 0.3) is 12.3 Å². The molecule has 0 aromatic carbocycles. The van der Waals surface area contributed by atoms with E-state index in [2.05, 4.69) is 25.6 Å². The number of hydrogen-bond donors (Lipinski definition) is 2. The monoisotopic (exact) mass is 440 g/mol. The highest BCUT2D eigenvalue weighted by molar-refractivity contribution is 5.88. The first-order valence-electron chi connectivity index (χ1n) is 9.63. The number of piperazine rings is 1. The van der Waals surface area contributed by atoms with Crippen molar-refractivity contribution in [2.75, 3.05) is 29.9 Å². The third-order valence-corrected chi connectivity index (χ3v) is 5.11. The van der Waals surface area contributed by atoms with Crippen molar-refractivity contribution < 1.29 is 27.1 Å². The minimum Gasteiger partial charge on any atom is -0.435 e. The minimum atomic E-state index is -3.20. The zero-order chi connectivity index (χ0) is 22.3. The summed E-state index contributed by atoms with van der Waals surface area (Å²) in [4.78, 5) is 25.8. The van der Waals surface area contributed by atoms with Crippen LogP contribution in [0.2, 0.25) is 0 Å². The maximum atomic E-state index is 14.3. The largest absolute Gasteiger partial charge is 0.435 e. The lowest BCUT2D eigenvalue weighted by atomic mass is 10.0. The normalized spacial score (nSPS) is 21.5. The number of nitrogens with zero attached hydrogens (tertiary/aromatic N) is 4. The SMILES string of the molecule is C[C@H]1CN(c2cc(C(C)(F)F)cc(-c3ncnc4c3C(C(F)F)OC(=O)N4)n2)CCN1. The summed E-state index contributed by atoms with van der Waals surface area (Å²) >= 11 is 0. The smallest absolute Gasteiger partial charge is 0.413 e. The van der Waals surface area contributed by atoms with Crippen LogP contribution < -0.4 is 15.5 Å². The van der Waals surface area contributed by atoms with E-state index < -0.39 is 24.5 Å². The molecule has 12 heteroatoms. The lowest BCUT2D eigenvalue weighted by Gasteiger charge is -2.33. The summed E-state index contributed by atoms with van der Waals surface area (Å²) < 4.78 is 60.5. The standard InChI is InChI=1S/C19H20F4N6O2/c1-9-7-29(4-3-24-9)12-6-10(19(2,22)23)5-11(27-12)14-13-15(16(20)21)31-18(30)28-17(13)26-8-25-14/h5-6,8-9,15-16,24H,3-4,7H2,1-2H3,(H,25,26,28,30)/t9-,15?/m0/s1. The minimum absolute atomic E-state index is 0.0377. The molecule has 1 amide bonds. The molecule has 2 aliphatic rings. The molecule has 4 heterocycles. The number of carbonyl (C=O) groups is 1. The number of pyridine rings is 1. The summed E-state index contributed by atoms with van der Waals surface area (Å²) in [6.45, 7) is 4.42. The van der Waals surface area contributed by atoms with Gasteiger partial charge in [0.15, 0.2) is 6.10 Å². The van der Waals surface area contributed by atoms with E-state index in [1.54, 1.807) is 0 Å². The van der Waals surface area contributed by atoms with Gasteiger partial charge in [-0.05, 0) is 19.1 Å². The molecule has 0 spiro atoms. The summed E-state index contributed by atoms with van der Waals surface area (Å²) in [5.74, 6) is -3.09. The number of carbonyl (C=O) groups excluding carboxylic acids is 1. The average Bonchev–Trinajstić information content (AvgIpc) is 2.71. The van der Waals surface area contributed by atoms with Crippen molar-refractivity contribution in [3.63, 3.8) is 0 Å². The van der Waals surface area contributed by atoms with E-state index in [0.717, 1.165) is 19.3 Å². The Morgan fingerprint density at radius 3 is 2.74 bits per heavy atom. The number of halogens is 4. The summed E-state index contributed by atoms with van der Waals surface area (Å²) in [5.41, 5.74) is -0.684. The fourth-order valence-corrected chi connectivity index (χ4v) is 3.64. The van der Waals surface area contributed by atoms with Gasteiger partial charge in [-0.3, -0.25) is 5.32 Å². The lowest BCUT2D eigenvalue weighted by molar-refractivity contribution is -0.0170. The first-order valence-corrected chi connectivity index (χ1v) is 9.63. The van der Waals surface area contributed by atoms with Gasteiger partial charge < -0.3 is 15.0 Å². The van der Waals surface area contributed by atoms with Crippen molar-refractivity contribution in [2.24, 2.45) is 0 Å². The molecule has 2 aromatic rings. The first kappa shape index (κ1) is 21.2. The van der Waals surface area contributed by atoms with Gasteiger partial charge in [-0.15, -0.1) is 0 Å². The highest BCUT2D eigenvalue weighted by Crippen LogP contribution is 2.40. The van der Waals surface area contributed by atoms with Gasteiger partial charge >= 0.3 is 6.09 Å². The molecule has 0 saturated carbocycles. The molecular weight excluding hydrogens is 420 g/mol. The van der Waals surface area contributed by atoms with E-state index in [4.69, 9.17) is 4.74 Å². The molecule has 31 heavy (non-hydrogen) atoms. The molecule has 1 unspecified atom stereocenters. The number of fused-ring (bicyclic) bond motifs is 1. The van der Waals surface area contributed by atoms with Gasteiger partial charge in [0.1, 0.15) is 23.7 Å². The lowest BCUT2D eigenvalue weighted by Crippen LogP contribution is -2.49. The molecule has 0 radical (unpaired) electrons. The molecule has 2 N–H and O–H groups in total. The van der Waals surface area contributed by atoms with E-state index in [-0.39, 0.29) is 40.2 Å². The highest BCUT2D eigenvalue weighted by atomic mass is 19.3. The number of alkyl halides is 4. The number of anilines is 2. The third-order valence-electron chi connectivity index (χ3n) is 5.11. The van der Waals surface area contributed by atoms with Gasteiger partial charge in [0.05, 0.1) is 11.3 Å². The zero-order valence-electron chi connectivity index (χ0n) is 16.7. The Hall–Kier alpha value is -3.02. The summed E-state index contributed by atoms with van der Waals surface area (Å²) in [6, 6.07) is 2.51. The molecule has 2 aliphatic heterocycles. The maximum Gasteiger partial charge on any atom is 0.413 e. The van der Waals surface area contributed by atoms with E-state index >= 15 is 0 Å². The highest BCUT2D eigenvalue weighted by Gasteiger charge is 2.38. The molecule has 2 atom stereocenters. The Morgan fingerprint density at radius 1 is 1.29 bits per heavy atom. The van der Waals surface area contributed by atoms with Crippen LogP contribution in [0.1, 0.15) is 31.1 Å². The predicted octanol–water partition coefficient (Wildman–Crippen LogP) is 3.32. The Bertz CT molecular complexity index is 1000. The molecule has 1 saturated heterocycles. The Morgan fingerprint density at radius 2 is 2.06 bits per heavy atom. The van der Waals surface area contributed by atoms with E-state index in [1.807, 2.05) is 11.8 Å². The third kappa shape index (κ3) is 4.24. The fraction of sp³-hybridized carbons (Fsp3) is 0.474. The summed E-state index contributed by atoms with van der Waals surface area (Å²) in [5, 5.41) is 5.50. The van der Waals surface area contributed by atoms with Crippen molar-refractivity contribution in [1.29, 1.82) is 0 Å². The first-order chi connectivity index (χ1) is 14.6. The second-order valence-corrected chi connectivity index (χ2v) is 7.56. The summed E-state index contributed by atoms with van der Waals surface area (Å²) in [7, 11) is 0. The van der Waals surface area contributed by atoms with Crippen LogP contribution >= 0.6 is 0 Å². The van der Waals surface area contributed by atoms with Crippen LogP contribution in [-0.4, -0.2) is 53.1 Å². The number of rotatable bonds is 4. The van der Waals surface area contributed by atoms with Crippen molar-refractivity contribution in [2.45, 2.75) is 38.3 Å². The van der Waals surface area contributed by atoms with Gasteiger partial charge in [0.2, 0.25) is 0 Å². The topological polar surface area (TPSA) is 92.3 Å². The quantitative estimate of drug-likeness (QED) is 0.705. The Balaban J connectivity index is 1.88. The number of ether oxygens (including phenoxy) is 1. The van der Waals surface area contributed by atoms with Crippen molar-refractivity contribution >= 4 is 17.7 Å². The summed E-state index contributed by atoms with van der Waals surface area (Å²) in [6.07, 6.45) is -5.05. The van der Waals surface area contributed by atoms with Crippen LogP contribution in [-0.2, 0) is 10.7 Å².